The summed E-state index contributed by atoms with van der Waals surface area (Å²) in [5.74, 6) is 0.784. The normalized spacial score (nSPS) is 16.4. The second kappa shape index (κ2) is 12.9. The van der Waals surface area contributed by atoms with Gasteiger partial charge in [-0.1, -0.05) is 69.8 Å². The molecule has 0 rings (SSSR count). The predicted molar refractivity (Wildman–Crippen MR) is 102 cm³/mol. The standard InChI is InChI=1S/C21H41N/c1-8-12-14-17(5)16-22-19(7)18(6)21(13-9-2)15-20(10-3)11-4/h10,17,19,22H,8-9,11-16H2,1-7H3/b20-10+,21-18-. The third-order valence-corrected chi connectivity index (χ3v) is 4.88. The Bertz CT molecular complexity index is 338. The van der Waals surface area contributed by atoms with E-state index in [1.165, 1.54) is 44.9 Å². The molecule has 0 fully saturated rings. The molecule has 1 nitrogen and oxygen atoms in total. The van der Waals surface area contributed by atoms with Crippen molar-refractivity contribution in [1.82, 2.24) is 5.32 Å². The van der Waals surface area contributed by atoms with Crippen LogP contribution < -0.4 is 5.32 Å². The molecule has 0 bridgehead atoms. The zero-order chi connectivity index (χ0) is 17.0. The summed E-state index contributed by atoms with van der Waals surface area (Å²) in [6.45, 7) is 17.2. The second-order valence-corrected chi connectivity index (χ2v) is 6.89. The first-order chi connectivity index (χ1) is 10.5. The predicted octanol–water partition coefficient (Wildman–Crippen LogP) is 6.65. The summed E-state index contributed by atoms with van der Waals surface area (Å²) < 4.78 is 0. The topological polar surface area (TPSA) is 12.0 Å². The average molecular weight is 308 g/mol. The molecule has 130 valence electrons. The van der Waals surface area contributed by atoms with Gasteiger partial charge in [-0.25, -0.2) is 0 Å². The van der Waals surface area contributed by atoms with Gasteiger partial charge in [-0.15, -0.1) is 0 Å². The van der Waals surface area contributed by atoms with E-state index in [1.54, 1.807) is 16.7 Å². The summed E-state index contributed by atoms with van der Waals surface area (Å²) in [6, 6.07) is 0.501. The highest BCUT2D eigenvalue weighted by Gasteiger charge is 2.12. The van der Waals surface area contributed by atoms with Gasteiger partial charge in [0.1, 0.15) is 0 Å². The second-order valence-electron chi connectivity index (χ2n) is 6.89. The Kier molecular flexibility index (Phi) is 12.6. The molecule has 0 spiro atoms. The van der Waals surface area contributed by atoms with Crippen LogP contribution in [0.1, 0.15) is 93.4 Å². The highest BCUT2D eigenvalue weighted by atomic mass is 14.9. The van der Waals surface area contributed by atoms with Crippen LogP contribution >= 0.6 is 0 Å². The molecule has 0 heterocycles. The summed E-state index contributed by atoms with van der Waals surface area (Å²) >= 11 is 0. The number of hydrogen-bond donors (Lipinski definition) is 1. The smallest absolute Gasteiger partial charge is 0.0251 e. The largest absolute Gasteiger partial charge is 0.310 e. The van der Waals surface area contributed by atoms with E-state index in [0.717, 1.165) is 12.5 Å². The number of nitrogens with one attached hydrogen (secondary N) is 1. The van der Waals surface area contributed by atoms with Gasteiger partial charge >= 0.3 is 0 Å². The van der Waals surface area contributed by atoms with Gasteiger partial charge in [-0.3, -0.25) is 0 Å². The summed E-state index contributed by atoms with van der Waals surface area (Å²) in [5.41, 5.74) is 4.79. The molecule has 0 amide bonds. The van der Waals surface area contributed by atoms with Crippen LogP contribution in [0.5, 0.6) is 0 Å². The lowest BCUT2D eigenvalue weighted by Gasteiger charge is -2.22. The minimum absolute atomic E-state index is 0.501. The molecule has 0 aliphatic heterocycles. The highest BCUT2D eigenvalue weighted by molar-refractivity contribution is 5.23. The molecule has 22 heavy (non-hydrogen) atoms. The van der Waals surface area contributed by atoms with Crippen LogP contribution in [-0.4, -0.2) is 12.6 Å². The van der Waals surface area contributed by atoms with E-state index in [9.17, 15) is 0 Å². The van der Waals surface area contributed by atoms with Crippen molar-refractivity contribution in [3.05, 3.63) is 22.8 Å². The molecule has 0 radical (unpaired) electrons. The first-order valence-corrected chi connectivity index (χ1v) is 9.55. The number of rotatable bonds is 12. The van der Waals surface area contributed by atoms with Crippen molar-refractivity contribution in [3.63, 3.8) is 0 Å². The van der Waals surface area contributed by atoms with E-state index in [1.807, 2.05) is 0 Å². The van der Waals surface area contributed by atoms with E-state index in [4.69, 9.17) is 0 Å². The maximum Gasteiger partial charge on any atom is 0.0251 e. The fraction of sp³-hybridized carbons (Fsp3) is 0.810. The van der Waals surface area contributed by atoms with Crippen LogP contribution in [0.3, 0.4) is 0 Å². The summed E-state index contributed by atoms with van der Waals surface area (Å²) in [4.78, 5) is 0. The fourth-order valence-electron chi connectivity index (χ4n) is 2.92. The number of unbranched alkanes of at least 4 members (excludes halogenated alkanes) is 1. The van der Waals surface area contributed by atoms with Gasteiger partial charge in [0.05, 0.1) is 0 Å². The first kappa shape index (κ1) is 21.4. The number of allylic oxidation sites excluding steroid dienone is 3. The maximum atomic E-state index is 3.76. The van der Waals surface area contributed by atoms with Gasteiger partial charge in [0.2, 0.25) is 0 Å². The Morgan fingerprint density at radius 2 is 1.77 bits per heavy atom. The van der Waals surface area contributed by atoms with Crippen molar-refractivity contribution in [2.45, 2.75) is 99.5 Å². The van der Waals surface area contributed by atoms with Crippen molar-refractivity contribution in [2.24, 2.45) is 5.92 Å². The van der Waals surface area contributed by atoms with Gasteiger partial charge in [0, 0.05) is 6.04 Å². The minimum Gasteiger partial charge on any atom is -0.310 e. The van der Waals surface area contributed by atoms with Crippen molar-refractivity contribution in [1.29, 1.82) is 0 Å². The molecule has 0 aliphatic carbocycles. The molecule has 1 N–H and O–H groups in total. The summed E-state index contributed by atoms with van der Waals surface area (Å²) in [6.07, 6.45) is 11.1. The van der Waals surface area contributed by atoms with E-state index in [0.29, 0.717) is 6.04 Å². The maximum absolute atomic E-state index is 3.76. The van der Waals surface area contributed by atoms with Crippen LogP contribution in [0.25, 0.3) is 0 Å². The lowest BCUT2D eigenvalue weighted by molar-refractivity contribution is 0.445. The van der Waals surface area contributed by atoms with E-state index >= 15 is 0 Å². The molecular weight excluding hydrogens is 266 g/mol. The minimum atomic E-state index is 0.501. The Morgan fingerprint density at radius 1 is 1.09 bits per heavy atom. The molecular formula is C21H41N. The van der Waals surface area contributed by atoms with Crippen molar-refractivity contribution < 1.29 is 0 Å². The lowest BCUT2D eigenvalue weighted by Crippen LogP contribution is -2.32. The van der Waals surface area contributed by atoms with Crippen LogP contribution in [0.2, 0.25) is 0 Å². The Balaban J connectivity index is 4.68. The van der Waals surface area contributed by atoms with Gasteiger partial charge in [0.25, 0.3) is 0 Å². The van der Waals surface area contributed by atoms with Gasteiger partial charge in [-0.05, 0) is 58.9 Å². The average Bonchev–Trinajstić information content (AvgIpc) is 2.53. The molecule has 0 aromatic carbocycles. The van der Waals surface area contributed by atoms with Crippen molar-refractivity contribution in [3.8, 4) is 0 Å². The molecule has 0 aromatic heterocycles. The Morgan fingerprint density at radius 3 is 2.27 bits per heavy atom. The molecule has 2 unspecified atom stereocenters. The zero-order valence-corrected chi connectivity index (χ0v) is 16.4. The molecule has 1 heteroatoms. The summed E-state index contributed by atoms with van der Waals surface area (Å²) in [5, 5.41) is 3.76. The third-order valence-electron chi connectivity index (χ3n) is 4.88. The number of hydrogen-bond acceptors (Lipinski definition) is 1. The fourth-order valence-corrected chi connectivity index (χ4v) is 2.92. The van der Waals surface area contributed by atoms with Crippen LogP contribution in [0, 0.1) is 5.92 Å². The first-order valence-electron chi connectivity index (χ1n) is 9.55. The van der Waals surface area contributed by atoms with E-state index in [-0.39, 0.29) is 0 Å². The Hall–Kier alpha value is -0.560. The summed E-state index contributed by atoms with van der Waals surface area (Å²) in [7, 11) is 0. The van der Waals surface area contributed by atoms with Crippen LogP contribution in [-0.2, 0) is 0 Å². The van der Waals surface area contributed by atoms with E-state index < -0.39 is 0 Å². The molecule has 0 aliphatic rings. The van der Waals surface area contributed by atoms with Gasteiger partial charge in [0.15, 0.2) is 0 Å². The lowest BCUT2D eigenvalue weighted by atomic mass is 9.92. The SMILES string of the molecule is C/C=C(\CC)C/C(CCC)=C(/C)C(C)NCC(C)CCCC. The monoisotopic (exact) mass is 307 g/mol. The van der Waals surface area contributed by atoms with Gasteiger partial charge in [-0.2, -0.15) is 0 Å². The highest BCUT2D eigenvalue weighted by Crippen LogP contribution is 2.23. The molecule has 0 saturated carbocycles. The molecule has 0 saturated heterocycles. The van der Waals surface area contributed by atoms with Crippen LogP contribution in [0.15, 0.2) is 22.8 Å². The quantitative estimate of drug-likeness (QED) is 0.398. The van der Waals surface area contributed by atoms with Crippen molar-refractivity contribution in [2.75, 3.05) is 6.54 Å². The molecule has 2 atom stereocenters. The molecule has 0 aromatic rings. The van der Waals surface area contributed by atoms with E-state index in [2.05, 4.69) is 59.9 Å². The third kappa shape index (κ3) is 8.78. The van der Waals surface area contributed by atoms with Crippen LogP contribution in [0.4, 0.5) is 0 Å². The Labute approximate surface area is 140 Å². The zero-order valence-electron chi connectivity index (χ0n) is 16.4. The van der Waals surface area contributed by atoms with Gasteiger partial charge < -0.3 is 5.32 Å². The van der Waals surface area contributed by atoms with Crippen molar-refractivity contribution >= 4 is 0 Å².